The first-order valence-electron chi connectivity index (χ1n) is 8.52. The van der Waals surface area contributed by atoms with E-state index < -0.39 is 36.4 Å². The van der Waals surface area contributed by atoms with E-state index in [-0.39, 0.29) is 12.5 Å². The number of nitrogens with one attached hydrogen (secondary N) is 1. The van der Waals surface area contributed by atoms with Gasteiger partial charge in [0.2, 0.25) is 12.2 Å². The van der Waals surface area contributed by atoms with Crippen molar-refractivity contribution in [3.05, 3.63) is 24.3 Å². The molecule has 0 bridgehead atoms. The van der Waals surface area contributed by atoms with Crippen LogP contribution < -0.4 is 14.8 Å². The van der Waals surface area contributed by atoms with Crippen LogP contribution >= 0.6 is 0 Å². The molecular weight excluding hydrogens is 342 g/mol. The zero-order chi connectivity index (χ0) is 18.9. The Bertz CT molecular complexity index is 633. The number of amides is 1. The van der Waals surface area contributed by atoms with Gasteiger partial charge in [-0.2, -0.15) is 0 Å². The zero-order valence-corrected chi connectivity index (χ0v) is 15.3. The van der Waals surface area contributed by atoms with E-state index in [4.69, 9.17) is 23.7 Å². The zero-order valence-electron chi connectivity index (χ0n) is 15.3. The fraction of sp³-hybridized carbons (Fsp3) is 0.611. The third-order valence-corrected chi connectivity index (χ3v) is 4.37. The van der Waals surface area contributed by atoms with Gasteiger partial charge in [-0.3, -0.25) is 4.79 Å². The summed E-state index contributed by atoms with van der Waals surface area (Å²) in [7, 11) is 1.58. The van der Waals surface area contributed by atoms with Crippen LogP contribution in [-0.2, 0) is 19.0 Å². The highest BCUT2D eigenvalue weighted by atomic mass is 16.8. The van der Waals surface area contributed by atoms with Gasteiger partial charge in [0.15, 0.2) is 5.79 Å². The van der Waals surface area contributed by atoms with Gasteiger partial charge in [0.1, 0.15) is 35.9 Å². The van der Waals surface area contributed by atoms with Crippen LogP contribution in [0.15, 0.2) is 24.3 Å². The SMILES string of the molecule is COc1ccc(O[C@H]2O[C@@H]3COC(C)(C)O[C@@H]3[C@@H](O)[C@H]2NC(C)=O)cc1. The molecule has 1 aromatic carbocycles. The number of fused-ring (bicyclic) bond motifs is 1. The number of carbonyl (C=O) groups is 1. The van der Waals surface area contributed by atoms with E-state index in [2.05, 4.69) is 5.32 Å². The van der Waals surface area contributed by atoms with Crippen molar-refractivity contribution in [2.45, 2.75) is 57.2 Å². The third-order valence-electron chi connectivity index (χ3n) is 4.37. The van der Waals surface area contributed by atoms with Crippen LogP contribution in [0.25, 0.3) is 0 Å². The average Bonchev–Trinajstić information content (AvgIpc) is 2.59. The summed E-state index contributed by atoms with van der Waals surface area (Å²) < 4.78 is 28.4. The lowest BCUT2D eigenvalue weighted by molar-refractivity contribution is -0.361. The molecule has 1 aromatic rings. The number of carbonyl (C=O) groups excluding carboxylic acids is 1. The summed E-state index contributed by atoms with van der Waals surface area (Å²) in [6.45, 7) is 5.16. The van der Waals surface area contributed by atoms with E-state index in [0.29, 0.717) is 11.5 Å². The molecule has 144 valence electrons. The Morgan fingerprint density at radius 3 is 2.54 bits per heavy atom. The first-order chi connectivity index (χ1) is 12.3. The van der Waals surface area contributed by atoms with Crippen LogP contribution in [0.3, 0.4) is 0 Å². The van der Waals surface area contributed by atoms with Crippen LogP contribution in [0.4, 0.5) is 0 Å². The minimum Gasteiger partial charge on any atom is -0.497 e. The summed E-state index contributed by atoms with van der Waals surface area (Å²) >= 11 is 0. The molecule has 0 aromatic heterocycles. The molecule has 0 aliphatic carbocycles. The normalized spacial score (nSPS) is 33.0. The van der Waals surface area contributed by atoms with Crippen molar-refractivity contribution in [2.75, 3.05) is 13.7 Å². The molecule has 2 aliphatic heterocycles. The topological polar surface area (TPSA) is 95.5 Å². The number of aliphatic hydroxyl groups excluding tert-OH is 1. The van der Waals surface area contributed by atoms with Crippen molar-refractivity contribution in [3.8, 4) is 11.5 Å². The Labute approximate surface area is 152 Å². The van der Waals surface area contributed by atoms with Crippen molar-refractivity contribution in [1.82, 2.24) is 5.32 Å². The maximum absolute atomic E-state index is 11.6. The van der Waals surface area contributed by atoms with Crippen LogP contribution in [0.5, 0.6) is 11.5 Å². The van der Waals surface area contributed by atoms with E-state index in [1.165, 1.54) is 6.92 Å². The van der Waals surface area contributed by atoms with Gasteiger partial charge in [-0.05, 0) is 38.1 Å². The number of methoxy groups -OCH3 is 1. The largest absolute Gasteiger partial charge is 0.497 e. The lowest BCUT2D eigenvalue weighted by Crippen LogP contribution is -2.69. The highest BCUT2D eigenvalue weighted by Crippen LogP contribution is 2.33. The molecule has 1 amide bonds. The summed E-state index contributed by atoms with van der Waals surface area (Å²) in [6.07, 6.45) is -3.04. The van der Waals surface area contributed by atoms with Gasteiger partial charge in [0, 0.05) is 6.92 Å². The Hall–Kier alpha value is -1.87. The number of hydrogen-bond donors (Lipinski definition) is 2. The fourth-order valence-corrected chi connectivity index (χ4v) is 3.12. The van der Waals surface area contributed by atoms with E-state index in [9.17, 15) is 9.90 Å². The maximum atomic E-state index is 11.6. The Morgan fingerprint density at radius 2 is 1.92 bits per heavy atom. The molecule has 0 saturated carbocycles. The molecule has 8 nitrogen and oxygen atoms in total. The Morgan fingerprint density at radius 1 is 1.27 bits per heavy atom. The molecule has 0 radical (unpaired) electrons. The first-order valence-corrected chi connectivity index (χ1v) is 8.52. The molecule has 2 fully saturated rings. The third kappa shape index (κ3) is 4.09. The van der Waals surface area contributed by atoms with Crippen molar-refractivity contribution in [3.63, 3.8) is 0 Å². The molecule has 0 spiro atoms. The van der Waals surface area contributed by atoms with Crippen molar-refractivity contribution < 1.29 is 33.6 Å². The molecule has 8 heteroatoms. The summed E-state index contributed by atoms with van der Waals surface area (Å²) in [5.74, 6) is 0.0768. The van der Waals surface area contributed by atoms with Crippen molar-refractivity contribution in [2.24, 2.45) is 0 Å². The van der Waals surface area contributed by atoms with E-state index >= 15 is 0 Å². The number of aliphatic hydroxyl groups is 1. The highest BCUT2D eigenvalue weighted by Gasteiger charge is 2.52. The van der Waals surface area contributed by atoms with Gasteiger partial charge in [0.25, 0.3) is 0 Å². The molecule has 5 atom stereocenters. The first kappa shape index (κ1) is 18.9. The van der Waals surface area contributed by atoms with Crippen molar-refractivity contribution >= 4 is 5.91 Å². The van der Waals surface area contributed by atoms with Crippen LogP contribution in [-0.4, -0.2) is 61.2 Å². The van der Waals surface area contributed by atoms with Gasteiger partial charge < -0.3 is 34.1 Å². The molecule has 26 heavy (non-hydrogen) atoms. The van der Waals surface area contributed by atoms with Crippen LogP contribution in [0.1, 0.15) is 20.8 Å². The number of ether oxygens (including phenoxy) is 5. The van der Waals surface area contributed by atoms with Gasteiger partial charge >= 0.3 is 0 Å². The summed E-state index contributed by atoms with van der Waals surface area (Å²) in [5, 5.41) is 13.5. The van der Waals surface area contributed by atoms with E-state index in [1.807, 2.05) is 0 Å². The Balaban J connectivity index is 1.79. The second kappa shape index (κ2) is 7.40. The lowest BCUT2D eigenvalue weighted by Gasteiger charge is -2.49. The fourth-order valence-electron chi connectivity index (χ4n) is 3.12. The van der Waals surface area contributed by atoms with Crippen LogP contribution in [0, 0.1) is 0 Å². The van der Waals surface area contributed by atoms with Gasteiger partial charge in [-0.25, -0.2) is 0 Å². The standard InChI is InChI=1S/C18H25NO7/c1-10(20)19-14-15(21)16-13(9-23-18(2,3)26-16)25-17(14)24-12-7-5-11(22-4)6-8-12/h5-8,13-17,21H,9H2,1-4H3,(H,19,20)/t13-,14-,15+,16+,17+/m1/s1. The average molecular weight is 367 g/mol. The number of hydrogen-bond acceptors (Lipinski definition) is 7. The number of benzene rings is 1. The second-order valence-corrected chi connectivity index (χ2v) is 6.85. The quantitative estimate of drug-likeness (QED) is 0.813. The molecular formula is C18H25NO7. The molecule has 0 unspecified atom stereocenters. The van der Waals surface area contributed by atoms with E-state index in [0.717, 1.165) is 0 Å². The van der Waals surface area contributed by atoms with Crippen LogP contribution in [0.2, 0.25) is 0 Å². The number of rotatable bonds is 4. The predicted octanol–water partition coefficient (Wildman–Crippen LogP) is 0.816. The monoisotopic (exact) mass is 367 g/mol. The van der Waals surface area contributed by atoms with Gasteiger partial charge in [-0.1, -0.05) is 0 Å². The minimum atomic E-state index is -1.01. The summed E-state index contributed by atoms with van der Waals surface area (Å²) in [5.41, 5.74) is 0. The smallest absolute Gasteiger partial charge is 0.223 e. The second-order valence-electron chi connectivity index (χ2n) is 6.85. The summed E-state index contributed by atoms with van der Waals surface area (Å²) in [6, 6.07) is 6.16. The Kier molecular flexibility index (Phi) is 5.38. The van der Waals surface area contributed by atoms with Crippen molar-refractivity contribution in [1.29, 1.82) is 0 Å². The van der Waals surface area contributed by atoms with E-state index in [1.54, 1.807) is 45.2 Å². The molecule has 2 heterocycles. The lowest BCUT2D eigenvalue weighted by atomic mass is 9.95. The van der Waals surface area contributed by atoms with Gasteiger partial charge in [-0.15, -0.1) is 0 Å². The molecule has 2 aliphatic rings. The summed E-state index contributed by atoms with van der Waals surface area (Å²) in [4.78, 5) is 11.6. The molecule has 3 rings (SSSR count). The molecule has 2 N–H and O–H groups in total. The maximum Gasteiger partial charge on any atom is 0.223 e. The highest BCUT2D eigenvalue weighted by molar-refractivity contribution is 5.73. The predicted molar refractivity (Wildman–Crippen MR) is 90.8 cm³/mol. The molecule has 2 saturated heterocycles. The van der Waals surface area contributed by atoms with Gasteiger partial charge in [0.05, 0.1) is 13.7 Å². The minimum absolute atomic E-state index is 0.254.